The topological polar surface area (TPSA) is 59.1 Å². The first-order valence-electron chi connectivity index (χ1n) is 5.25. The zero-order valence-electron chi connectivity index (χ0n) is 9.10. The SMILES string of the molecule is CCCc1sc(N)nc1-c1ccc(O)cc1. The molecule has 16 heavy (non-hydrogen) atoms. The molecule has 1 aromatic carbocycles. The highest BCUT2D eigenvalue weighted by molar-refractivity contribution is 7.15. The zero-order valence-corrected chi connectivity index (χ0v) is 9.92. The Morgan fingerprint density at radius 3 is 2.62 bits per heavy atom. The van der Waals surface area contributed by atoms with Crippen molar-refractivity contribution in [2.24, 2.45) is 0 Å². The van der Waals surface area contributed by atoms with E-state index in [1.54, 1.807) is 23.5 Å². The van der Waals surface area contributed by atoms with Gasteiger partial charge in [-0.15, -0.1) is 11.3 Å². The lowest BCUT2D eigenvalue weighted by molar-refractivity contribution is 0.475. The molecule has 84 valence electrons. The summed E-state index contributed by atoms with van der Waals surface area (Å²) < 4.78 is 0. The van der Waals surface area contributed by atoms with Gasteiger partial charge >= 0.3 is 0 Å². The van der Waals surface area contributed by atoms with Crippen molar-refractivity contribution in [3.8, 4) is 17.0 Å². The number of hydrogen-bond donors (Lipinski definition) is 2. The monoisotopic (exact) mass is 234 g/mol. The van der Waals surface area contributed by atoms with Crippen LogP contribution in [0.2, 0.25) is 0 Å². The molecule has 0 bridgehead atoms. The lowest BCUT2D eigenvalue weighted by Gasteiger charge is -2.01. The van der Waals surface area contributed by atoms with Gasteiger partial charge in [0.05, 0.1) is 5.69 Å². The molecule has 3 N–H and O–H groups in total. The van der Waals surface area contributed by atoms with Gasteiger partial charge in [0, 0.05) is 10.4 Å². The van der Waals surface area contributed by atoms with Crippen LogP contribution in [0.1, 0.15) is 18.2 Å². The minimum absolute atomic E-state index is 0.268. The summed E-state index contributed by atoms with van der Waals surface area (Å²) in [6.07, 6.45) is 2.07. The van der Waals surface area contributed by atoms with Crippen molar-refractivity contribution in [2.75, 3.05) is 5.73 Å². The molecule has 2 aromatic rings. The first kappa shape index (κ1) is 11.0. The van der Waals surface area contributed by atoms with E-state index in [4.69, 9.17) is 5.73 Å². The Morgan fingerprint density at radius 2 is 2.00 bits per heavy atom. The van der Waals surface area contributed by atoms with Gasteiger partial charge in [-0.05, 0) is 30.7 Å². The van der Waals surface area contributed by atoms with Gasteiger partial charge < -0.3 is 10.8 Å². The average molecular weight is 234 g/mol. The molecule has 0 fully saturated rings. The fourth-order valence-corrected chi connectivity index (χ4v) is 2.57. The molecular weight excluding hydrogens is 220 g/mol. The van der Waals surface area contributed by atoms with Crippen molar-refractivity contribution in [1.29, 1.82) is 0 Å². The van der Waals surface area contributed by atoms with Gasteiger partial charge in [0.1, 0.15) is 5.75 Å². The number of aryl methyl sites for hydroxylation is 1. The maximum Gasteiger partial charge on any atom is 0.180 e. The molecule has 0 saturated carbocycles. The number of thiazole rings is 1. The Hall–Kier alpha value is -1.55. The van der Waals surface area contributed by atoms with E-state index in [0.29, 0.717) is 5.13 Å². The third-order valence-electron chi connectivity index (χ3n) is 2.33. The second-order valence-corrected chi connectivity index (χ2v) is 4.74. The van der Waals surface area contributed by atoms with Crippen molar-refractivity contribution in [3.63, 3.8) is 0 Å². The number of nitrogen functional groups attached to an aromatic ring is 1. The molecule has 0 atom stereocenters. The van der Waals surface area contributed by atoms with Crippen molar-refractivity contribution >= 4 is 16.5 Å². The maximum atomic E-state index is 9.24. The number of hydrogen-bond acceptors (Lipinski definition) is 4. The fourth-order valence-electron chi connectivity index (χ4n) is 1.61. The number of aromatic nitrogens is 1. The van der Waals surface area contributed by atoms with Gasteiger partial charge in [-0.1, -0.05) is 13.3 Å². The molecule has 0 unspecified atom stereocenters. The van der Waals surface area contributed by atoms with E-state index in [-0.39, 0.29) is 5.75 Å². The van der Waals surface area contributed by atoms with Crippen molar-refractivity contribution < 1.29 is 5.11 Å². The minimum Gasteiger partial charge on any atom is -0.508 e. The van der Waals surface area contributed by atoms with Gasteiger partial charge in [-0.25, -0.2) is 4.98 Å². The number of rotatable bonds is 3. The Balaban J connectivity index is 2.42. The van der Waals surface area contributed by atoms with Gasteiger partial charge in [-0.3, -0.25) is 0 Å². The Kier molecular flexibility index (Phi) is 3.10. The first-order valence-corrected chi connectivity index (χ1v) is 6.07. The predicted molar refractivity (Wildman–Crippen MR) is 67.6 cm³/mol. The number of nitrogens with zero attached hydrogens (tertiary/aromatic N) is 1. The van der Waals surface area contributed by atoms with Crippen LogP contribution in [-0.2, 0) is 6.42 Å². The van der Waals surface area contributed by atoms with E-state index < -0.39 is 0 Å². The lowest BCUT2D eigenvalue weighted by atomic mass is 10.1. The molecule has 4 heteroatoms. The van der Waals surface area contributed by atoms with Gasteiger partial charge in [-0.2, -0.15) is 0 Å². The summed E-state index contributed by atoms with van der Waals surface area (Å²) in [5.74, 6) is 0.268. The normalized spacial score (nSPS) is 10.6. The summed E-state index contributed by atoms with van der Waals surface area (Å²) in [5.41, 5.74) is 7.69. The highest BCUT2D eigenvalue weighted by Gasteiger charge is 2.10. The molecule has 0 saturated heterocycles. The van der Waals surface area contributed by atoms with Crippen LogP contribution in [-0.4, -0.2) is 10.1 Å². The summed E-state index contributed by atoms with van der Waals surface area (Å²) in [7, 11) is 0. The molecule has 0 amide bonds. The summed E-state index contributed by atoms with van der Waals surface area (Å²) in [6, 6.07) is 7.06. The van der Waals surface area contributed by atoms with E-state index in [0.717, 1.165) is 24.1 Å². The highest BCUT2D eigenvalue weighted by Crippen LogP contribution is 2.31. The van der Waals surface area contributed by atoms with Crippen LogP contribution in [0.3, 0.4) is 0 Å². The number of benzene rings is 1. The molecule has 0 aliphatic rings. The standard InChI is InChI=1S/C12H14N2OS/c1-2-3-10-11(14-12(13)16-10)8-4-6-9(15)7-5-8/h4-7,15H,2-3H2,1H3,(H2,13,14). The van der Waals surface area contributed by atoms with Crippen LogP contribution in [0.5, 0.6) is 5.75 Å². The quantitative estimate of drug-likeness (QED) is 0.858. The van der Waals surface area contributed by atoms with E-state index in [1.165, 1.54) is 4.88 Å². The molecule has 0 radical (unpaired) electrons. The van der Waals surface area contributed by atoms with E-state index in [1.807, 2.05) is 12.1 Å². The largest absolute Gasteiger partial charge is 0.508 e. The maximum absolute atomic E-state index is 9.24. The van der Waals surface area contributed by atoms with Gasteiger partial charge in [0.15, 0.2) is 5.13 Å². The van der Waals surface area contributed by atoms with Crippen molar-refractivity contribution in [3.05, 3.63) is 29.1 Å². The molecule has 0 aliphatic carbocycles. The second kappa shape index (κ2) is 4.53. The van der Waals surface area contributed by atoms with Gasteiger partial charge in [0.2, 0.25) is 0 Å². The van der Waals surface area contributed by atoms with Crippen LogP contribution < -0.4 is 5.73 Å². The number of anilines is 1. The molecule has 0 spiro atoms. The molecule has 3 nitrogen and oxygen atoms in total. The second-order valence-electron chi connectivity index (χ2n) is 3.62. The minimum atomic E-state index is 0.268. The summed E-state index contributed by atoms with van der Waals surface area (Å²) >= 11 is 1.54. The summed E-state index contributed by atoms with van der Waals surface area (Å²) in [5, 5.41) is 9.84. The number of aromatic hydroxyl groups is 1. The zero-order chi connectivity index (χ0) is 11.5. The Labute approximate surface area is 98.6 Å². The van der Waals surface area contributed by atoms with Crippen LogP contribution in [0.25, 0.3) is 11.3 Å². The number of phenols is 1. The first-order chi connectivity index (χ1) is 7.70. The fraction of sp³-hybridized carbons (Fsp3) is 0.250. The Bertz CT molecular complexity index is 476. The third kappa shape index (κ3) is 2.17. The molecule has 1 heterocycles. The van der Waals surface area contributed by atoms with Crippen LogP contribution in [0.15, 0.2) is 24.3 Å². The van der Waals surface area contributed by atoms with E-state index in [2.05, 4.69) is 11.9 Å². The number of nitrogens with two attached hydrogens (primary N) is 1. The van der Waals surface area contributed by atoms with Crippen molar-refractivity contribution in [2.45, 2.75) is 19.8 Å². The predicted octanol–water partition coefficient (Wildman–Crippen LogP) is 3.05. The van der Waals surface area contributed by atoms with Crippen LogP contribution >= 0.6 is 11.3 Å². The van der Waals surface area contributed by atoms with Crippen molar-refractivity contribution in [1.82, 2.24) is 4.98 Å². The van der Waals surface area contributed by atoms with Crippen LogP contribution in [0.4, 0.5) is 5.13 Å². The third-order valence-corrected chi connectivity index (χ3v) is 3.28. The summed E-state index contributed by atoms with van der Waals surface area (Å²) in [4.78, 5) is 5.56. The molecule has 2 rings (SSSR count). The van der Waals surface area contributed by atoms with E-state index in [9.17, 15) is 5.11 Å². The highest BCUT2D eigenvalue weighted by atomic mass is 32.1. The smallest absolute Gasteiger partial charge is 0.180 e. The average Bonchev–Trinajstić information content (AvgIpc) is 2.61. The van der Waals surface area contributed by atoms with Crippen LogP contribution in [0, 0.1) is 0 Å². The summed E-state index contributed by atoms with van der Waals surface area (Å²) in [6.45, 7) is 2.14. The Morgan fingerprint density at radius 1 is 1.31 bits per heavy atom. The van der Waals surface area contributed by atoms with E-state index >= 15 is 0 Å². The molecular formula is C12H14N2OS. The number of phenolic OH excluding ortho intramolecular Hbond substituents is 1. The molecule has 1 aromatic heterocycles. The lowest BCUT2D eigenvalue weighted by Crippen LogP contribution is -1.86. The van der Waals surface area contributed by atoms with Gasteiger partial charge in [0.25, 0.3) is 0 Å². The molecule has 0 aliphatic heterocycles.